The lowest BCUT2D eigenvalue weighted by molar-refractivity contribution is -0.133. The number of halogens is 1. The molecule has 0 aromatic heterocycles. The molecule has 0 spiro atoms. The van der Waals surface area contributed by atoms with Gasteiger partial charge in [0.1, 0.15) is 12.1 Å². The number of rotatable bonds is 5. The molecule has 1 unspecified atom stereocenters. The average molecular weight is 485 g/mol. The number of urea groups is 1. The summed E-state index contributed by atoms with van der Waals surface area (Å²) in [6.45, 7) is 3.40. The third-order valence-electron chi connectivity index (χ3n) is 5.85. The Morgan fingerprint density at radius 3 is 2.48 bits per heavy atom. The molecule has 2 aromatic rings. The van der Waals surface area contributed by atoms with Gasteiger partial charge in [-0.25, -0.2) is 4.79 Å². The summed E-state index contributed by atoms with van der Waals surface area (Å²) in [5, 5.41) is 5.50. The molecule has 7 nitrogen and oxygen atoms in total. The summed E-state index contributed by atoms with van der Waals surface area (Å²) in [6.07, 6.45) is 3.67. The van der Waals surface area contributed by atoms with Crippen molar-refractivity contribution < 1.29 is 14.4 Å². The maximum Gasteiger partial charge on any atom is 0.325 e. The minimum atomic E-state index is -1.21. The number of imide groups is 1. The minimum absolute atomic E-state index is 0.345. The molecular formula is C23H25BrN4O3. The molecule has 0 bridgehead atoms. The van der Waals surface area contributed by atoms with Crippen molar-refractivity contribution in [1.29, 1.82) is 0 Å². The molecule has 0 aliphatic carbocycles. The SMILES string of the molecule is CC1(c2cccc(Br)c2)NC(=O)N(CC(=O)Nc2ccc(N3CCCCC3)cc2)C1=O. The zero-order valence-corrected chi connectivity index (χ0v) is 18.9. The van der Waals surface area contributed by atoms with Gasteiger partial charge in [-0.05, 0) is 68.1 Å². The number of nitrogens with one attached hydrogen (secondary N) is 2. The molecular weight excluding hydrogens is 460 g/mol. The van der Waals surface area contributed by atoms with Gasteiger partial charge in [-0.15, -0.1) is 0 Å². The van der Waals surface area contributed by atoms with E-state index in [0.29, 0.717) is 11.3 Å². The number of benzene rings is 2. The molecule has 1 atom stereocenters. The van der Waals surface area contributed by atoms with Crippen molar-refractivity contribution in [2.75, 3.05) is 29.9 Å². The first-order valence-electron chi connectivity index (χ1n) is 10.4. The van der Waals surface area contributed by atoms with Gasteiger partial charge in [0.05, 0.1) is 0 Å². The van der Waals surface area contributed by atoms with Crippen molar-refractivity contribution in [2.24, 2.45) is 0 Å². The fourth-order valence-corrected chi connectivity index (χ4v) is 4.49. The summed E-state index contributed by atoms with van der Waals surface area (Å²) < 4.78 is 0.803. The molecule has 2 aromatic carbocycles. The van der Waals surface area contributed by atoms with Crippen LogP contribution in [0, 0.1) is 0 Å². The van der Waals surface area contributed by atoms with E-state index in [1.807, 2.05) is 30.3 Å². The lowest BCUT2D eigenvalue weighted by Gasteiger charge is -2.28. The lowest BCUT2D eigenvalue weighted by atomic mass is 9.92. The van der Waals surface area contributed by atoms with Crippen molar-refractivity contribution in [2.45, 2.75) is 31.7 Å². The second kappa shape index (κ2) is 8.70. The molecule has 162 valence electrons. The van der Waals surface area contributed by atoms with E-state index in [1.165, 1.54) is 19.3 Å². The van der Waals surface area contributed by atoms with Crippen LogP contribution in [-0.2, 0) is 15.1 Å². The Morgan fingerprint density at radius 1 is 1.10 bits per heavy atom. The average Bonchev–Trinajstić information content (AvgIpc) is 2.99. The molecule has 31 heavy (non-hydrogen) atoms. The topological polar surface area (TPSA) is 81.8 Å². The number of nitrogens with zero attached hydrogens (tertiary/aromatic N) is 2. The van der Waals surface area contributed by atoms with Crippen molar-refractivity contribution in [3.05, 3.63) is 58.6 Å². The Bertz CT molecular complexity index is 1000. The summed E-state index contributed by atoms with van der Waals surface area (Å²) in [4.78, 5) is 41.3. The highest BCUT2D eigenvalue weighted by molar-refractivity contribution is 9.10. The van der Waals surface area contributed by atoms with Crippen molar-refractivity contribution in [1.82, 2.24) is 10.2 Å². The van der Waals surface area contributed by atoms with E-state index in [1.54, 1.807) is 25.1 Å². The second-order valence-electron chi connectivity index (χ2n) is 8.10. The highest BCUT2D eigenvalue weighted by atomic mass is 79.9. The predicted octanol–water partition coefficient (Wildman–Crippen LogP) is 3.85. The highest BCUT2D eigenvalue weighted by Gasteiger charge is 2.49. The number of anilines is 2. The van der Waals surface area contributed by atoms with Crippen LogP contribution in [-0.4, -0.2) is 42.4 Å². The van der Waals surface area contributed by atoms with Crippen LogP contribution in [0.15, 0.2) is 53.0 Å². The number of hydrogen-bond acceptors (Lipinski definition) is 4. The van der Waals surface area contributed by atoms with Crippen molar-refractivity contribution >= 4 is 45.2 Å². The van der Waals surface area contributed by atoms with Gasteiger partial charge in [-0.3, -0.25) is 14.5 Å². The van der Waals surface area contributed by atoms with Crippen LogP contribution in [0.1, 0.15) is 31.7 Å². The van der Waals surface area contributed by atoms with E-state index >= 15 is 0 Å². The standard InChI is InChI=1S/C23H25BrN4O3/c1-23(16-6-5-7-17(24)14-16)21(30)28(22(31)26-23)15-20(29)25-18-8-10-19(11-9-18)27-12-3-2-4-13-27/h5-11,14H,2-4,12-13,15H2,1H3,(H,25,29)(H,26,31). The molecule has 2 aliphatic rings. The quantitative estimate of drug-likeness (QED) is 0.631. The number of amides is 4. The first kappa shape index (κ1) is 21.4. The third kappa shape index (κ3) is 4.44. The third-order valence-corrected chi connectivity index (χ3v) is 6.34. The number of piperidine rings is 1. The first-order valence-corrected chi connectivity index (χ1v) is 11.2. The summed E-state index contributed by atoms with van der Waals surface area (Å²) >= 11 is 3.39. The van der Waals surface area contributed by atoms with Crippen LogP contribution in [0.3, 0.4) is 0 Å². The van der Waals surface area contributed by atoms with Gasteiger partial charge in [0.15, 0.2) is 0 Å². The monoisotopic (exact) mass is 484 g/mol. The number of hydrogen-bond donors (Lipinski definition) is 2. The number of carbonyl (C=O) groups excluding carboxylic acids is 3. The second-order valence-corrected chi connectivity index (χ2v) is 9.02. The van der Waals surface area contributed by atoms with E-state index < -0.39 is 23.4 Å². The van der Waals surface area contributed by atoms with Gasteiger partial charge in [0, 0.05) is 28.9 Å². The molecule has 2 N–H and O–H groups in total. The molecule has 4 rings (SSSR count). The van der Waals surface area contributed by atoms with E-state index in [-0.39, 0.29) is 6.54 Å². The van der Waals surface area contributed by atoms with Gasteiger partial charge in [-0.2, -0.15) is 0 Å². The Labute approximate surface area is 189 Å². The zero-order chi connectivity index (χ0) is 22.0. The lowest BCUT2D eigenvalue weighted by Crippen LogP contribution is -2.42. The van der Waals surface area contributed by atoms with Crippen LogP contribution >= 0.6 is 15.9 Å². The highest BCUT2D eigenvalue weighted by Crippen LogP contribution is 2.30. The van der Waals surface area contributed by atoms with Crippen LogP contribution in [0.5, 0.6) is 0 Å². The maximum atomic E-state index is 13.0. The van der Waals surface area contributed by atoms with Crippen molar-refractivity contribution in [3.63, 3.8) is 0 Å². The molecule has 8 heteroatoms. The molecule has 2 heterocycles. The van der Waals surface area contributed by atoms with Crippen LogP contribution < -0.4 is 15.5 Å². The Hall–Kier alpha value is -2.87. The van der Waals surface area contributed by atoms with Gasteiger partial charge >= 0.3 is 6.03 Å². The van der Waals surface area contributed by atoms with E-state index in [4.69, 9.17) is 0 Å². The van der Waals surface area contributed by atoms with E-state index in [2.05, 4.69) is 31.5 Å². The fourth-order valence-electron chi connectivity index (χ4n) is 4.09. The van der Waals surface area contributed by atoms with Crippen molar-refractivity contribution in [3.8, 4) is 0 Å². The maximum absolute atomic E-state index is 13.0. The van der Waals surface area contributed by atoms with Gasteiger partial charge < -0.3 is 15.5 Å². The Balaban J connectivity index is 1.40. The largest absolute Gasteiger partial charge is 0.372 e. The smallest absolute Gasteiger partial charge is 0.325 e. The van der Waals surface area contributed by atoms with Gasteiger partial charge in [0.25, 0.3) is 5.91 Å². The van der Waals surface area contributed by atoms with Gasteiger partial charge in [0.2, 0.25) is 5.91 Å². The van der Waals surface area contributed by atoms with Gasteiger partial charge in [-0.1, -0.05) is 28.1 Å². The number of carbonyl (C=O) groups is 3. The molecule has 0 saturated carbocycles. The molecule has 2 fully saturated rings. The summed E-state index contributed by atoms with van der Waals surface area (Å²) in [6, 6.07) is 14.3. The summed E-state index contributed by atoms with van der Waals surface area (Å²) in [5.74, 6) is -0.876. The molecule has 0 radical (unpaired) electrons. The van der Waals surface area contributed by atoms with Crippen LogP contribution in [0.2, 0.25) is 0 Å². The van der Waals surface area contributed by atoms with Crippen LogP contribution in [0.25, 0.3) is 0 Å². The normalized spacial score (nSPS) is 21.2. The summed E-state index contributed by atoms with van der Waals surface area (Å²) in [7, 11) is 0. The Kier molecular flexibility index (Phi) is 6.00. The molecule has 4 amide bonds. The minimum Gasteiger partial charge on any atom is -0.372 e. The Morgan fingerprint density at radius 2 is 1.81 bits per heavy atom. The molecule has 2 saturated heterocycles. The van der Waals surface area contributed by atoms with E-state index in [9.17, 15) is 14.4 Å². The zero-order valence-electron chi connectivity index (χ0n) is 17.4. The molecule has 2 aliphatic heterocycles. The predicted molar refractivity (Wildman–Crippen MR) is 123 cm³/mol. The van der Waals surface area contributed by atoms with Crippen LogP contribution in [0.4, 0.5) is 16.2 Å². The first-order chi connectivity index (χ1) is 14.9. The van der Waals surface area contributed by atoms with E-state index in [0.717, 1.165) is 28.1 Å². The summed E-state index contributed by atoms with van der Waals surface area (Å²) in [5.41, 5.74) is 1.21. The fraction of sp³-hybridized carbons (Fsp3) is 0.348.